The van der Waals surface area contributed by atoms with Gasteiger partial charge in [-0.05, 0) is 68.8 Å². The number of hydrogen-bond acceptors (Lipinski definition) is 9. The van der Waals surface area contributed by atoms with Crippen molar-refractivity contribution in [2.24, 2.45) is 0 Å². The minimum Gasteiger partial charge on any atom is -0.657 e. The first-order valence-corrected chi connectivity index (χ1v) is 20.1. The van der Waals surface area contributed by atoms with E-state index < -0.39 is 37.6 Å². The number of hydrogen-bond donors (Lipinski definition) is 0. The topological polar surface area (TPSA) is 193 Å². The molecule has 0 N–H and O–H groups in total. The summed E-state index contributed by atoms with van der Waals surface area (Å²) in [5, 5.41) is 31.7. The van der Waals surface area contributed by atoms with Gasteiger partial charge in [0.25, 0.3) is 11.4 Å². The third-order valence-electron chi connectivity index (χ3n) is 10.7. The second kappa shape index (κ2) is 18.9. The van der Waals surface area contributed by atoms with E-state index in [-0.39, 0.29) is 17.1 Å². The molecule has 0 fully saturated rings. The number of nitrogens with zero attached hydrogens (tertiary/aromatic N) is 7. The summed E-state index contributed by atoms with van der Waals surface area (Å²) in [5.74, 6) is -0.620. The van der Waals surface area contributed by atoms with Crippen LogP contribution in [0, 0.1) is 30.3 Å². The molecule has 8 aromatic rings. The number of benzene rings is 5. The smallest absolute Gasteiger partial charge is 0.657 e. The first kappa shape index (κ1) is 43.9. The molecule has 66 heavy (non-hydrogen) atoms. The van der Waals surface area contributed by atoms with Crippen LogP contribution in [0.1, 0.15) is 22.8 Å². The van der Waals surface area contributed by atoms with Gasteiger partial charge in [-0.2, -0.15) is 0 Å². The van der Waals surface area contributed by atoms with Crippen LogP contribution >= 0.6 is 0 Å². The molecule has 2 aliphatic rings. The summed E-state index contributed by atoms with van der Waals surface area (Å²) in [6, 6.07) is 51.2. The van der Waals surface area contributed by atoms with E-state index in [1.807, 2.05) is 24.3 Å². The van der Waals surface area contributed by atoms with Crippen molar-refractivity contribution < 1.29 is 36.6 Å². The Balaban J connectivity index is 0.000000280. The molecule has 0 saturated carbocycles. The van der Waals surface area contributed by atoms with Crippen LogP contribution in [0.2, 0.25) is 0 Å². The number of methoxy groups -OCH3 is 1. The minimum absolute atomic E-state index is 0. The van der Waals surface area contributed by atoms with Gasteiger partial charge in [0, 0.05) is 0 Å². The number of ether oxygens (including phenoxy) is 1. The largest absolute Gasteiger partial charge is 2.00 e. The van der Waals surface area contributed by atoms with Crippen molar-refractivity contribution in [3.63, 3.8) is 0 Å². The zero-order valence-electron chi connectivity index (χ0n) is 34.6. The predicted molar refractivity (Wildman–Crippen MR) is 251 cm³/mol. The average molecular weight is 919 g/mol. The first-order chi connectivity index (χ1) is 31.7. The maximum absolute atomic E-state index is 10.6. The molecule has 0 saturated heterocycles. The molecule has 0 spiro atoms. The zero-order valence-corrected chi connectivity index (χ0v) is 35.6. The molecule has 8 bridgehead atoms. The summed E-state index contributed by atoms with van der Waals surface area (Å²) in [5.41, 5.74) is 12.6. The van der Waals surface area contributed by atoms with Gasteiger partial charge >= 0.3 is 28.4 Å². The molecule has 0 amide bonds. The van der Waals surface area contributed by atoms with E-state index in [0.717, 1.165) is 96.5 Å². The van der Waals surface area contributed by atoms with Crippen LogP contribution in [0.25, 0.3) is 90.9 Å². The van der Waals surface area contributed by atoms with Crippen LogP contribution < -0.4 is 14.7 Å². The normalized spacial score (nSPS) is 11.2. The van der Waals surface area contributed by atoms with Gasteiger partial charge in [0.2, 0.25) is 0 Å². The number of rotatable bonds is 8. The van der Waals surface area contributed by atoms with Crippen molar-refractivity contribution >= 4 is 63.4 Å². The molecule has 3 aromatic heterocycles. The second-order valence-corrected chi connectivity index (χ2v) is 14.6. The van der Waals surface area contributed by atoms with E-state index in [4.69, 9.17) is 19.9 Å². The van der Waals surface area contributed by atoms with Crippen molar-refractivity contribution in [3.05, 3.63) is 211 Å². The van der Waals surface area contributed by atoms with Gasteiger partial charge in [-0.1, -0.05) is 146 Å². The fraction of sp³-hybridized carbons (Fsp3) is 0.0196. The van der Waals surface area contributed by atoms with Gasteiger partial charge in [0.1, 0.15) is 0 Å². The van der Waals surface area contributed by atoms with E-state index in [9.17, 15) is 30.3 Å². The van der Waals surface area contributed by atoms with Gasteiger partial charge in [-0.15, -0.1) is 22.1 Å². The van der Waals surface area contributed by atoms with Gasteiger partial charge < -0.3 is 14.7 Å². The third-order valence-corrected chi connectivity index (χ3v) is 10.7. The monoisotopic (exact) mass is 918 g/mol. The number of non-ortho nitro benzene ring substituents is 1. The Hall–Kier alpha value is -8.78. The van der Waals surface area contributed by atoms with Gasteiger partial charge in [0.15, 0.2) is 0 Å². The quantitative estimate of drug-likeness (QED) is 0.0800. The average Bonchev–Trinajstić information content (AvgIpc) is 4.19. The van der Waals surface area contributed by atoms with Crippen LogP contribution in [-0.2, 0) is 17.1 Å². The molecule has 10 rings (SSSR count). The van der Waals surface area contributed by atoms with E-state index in [1.54, 1.807) is 0 Å². The summed E-state index contributed by atoms with van der Waals surface area (Å²) in [7, 11) is 1.00. The molecule has 5 aromatic carbocycles. The third kappa shape index (κ3) is 8.62. The Morgan fingerprint density at radius 2 is 0.697 bits per heavy atom. The predicted octanol–water partition coefficient (Wildman–Crippen LogP) is 12.0. The van der Waals surface area contributed by atoms with Gasteiger partial charge in [-0.25, -0.2) is 9.97 Å². The van der Waals surface area contributed by atoms with Gasteiger partial charge in [0.05, 0.1) is 56.8 Å². The van der Waals surface area contributed by atoms with Crippen LogP contribution in [-0.4, -0.2) is 31.8 Å². The van der Waals surface area contributed by atoms with E-state index in [2.05, 4.69) is 150 Å². The zero-order chi connectivity index (χ0) is 45.0. The van der Waals surface area contributed by atoms with Crippen molar-refractivity contribution in [2.75, 3.05) is 7.11 Å². The Morgan fingerprint density at radius 3 is 0.924 bits per heavy atom. The first-order valence-electron chi connectivity index (χ1n) is 20.1. The number of fused-ring (bicyclic) bond motifs is 8. The summed E-state index contributed by atoms with van der Waals surface area (Å²) >= 11 is 0. The second-order valence-electron chi connectivity index (χ2n) is 14.6. The van der Waals surface area contributed by atoms with Gasteiger partial charge in [-0.3, -0.25) is 30.3 Å². The molecular formula is C51H33CuN7O7. The molecule has 0 unspecified atom stereocenters. The Bertz CT molecular complexity index is 3010. The molecule has 0 aliphatic carbocycles. The molecule has 325 valence electrons. The number of nitro benzene ring substituents is 3. The molecule has 2 aliphatic heterocycles. The molecule has 0 atom stereocenters. The van der Waals surface area contributed by atoms with E-state index >= 15 is 0 Å². The molecule has 5 heterocycles. The Kier molecular flexibility index (Phi) is 12.6. The maximum Gasteiger partial charge on any atom is 2.00 e. The summed E-state index contributed by atoms with van der Waals surface area (Å²) in [4.78, 5) is 50.0. The van der Waals surface area contributed by atoms with Crippen molar-refractivity contribution in [1.82, 2.24) is 19.9 Å². The standard InChI is InChI=1S/C44H28N4.C7H5N3O7.Cu/c1-5-13-29(14-6-1)41-33-21-23-35(45-33)42(30-15-7-2-8-16-30)37-25-27-39(47-37)44(32-19-11-4-12-20-32)40-28-26-38(48-40)43(31-17-9-3-10-18-31)36-24-22-34(41)46-36;1-17-7-5(9(13)14)2-4(8(11)12)3-6(7)10(15)16;/h1-28H;2-3H,1H3;/q-2;;+2. The molecular weight excluding hydrogens is 886 g/mol. The SMILES string of the molecule is C1=Cc2nc1c(-c1ccccc1)c1ccc([n-]1)c(-c1ccccc1)c1nc(c(-c3ccccc3)c3ccc([n-]3)c2-c2ccccc2)C=C1.COc1c([N+](=O)[O-])cc([N+](=O)[O-])cc1[N+](=O)[O-].[Cu+2]. The fourth-order valence-electron chi connectivity index (χ4n) is 7.86. The molecule has 14 nitrogen and oxygen atoms in total. The maximum atomic E-state index is 10.6. The van der Waals surface area contributed by atoms with Crippen LogP contribution in [0.15, 0.2) is 158 Å². The summed E-state index contributed by atoms with van der Waals surface area (Å²) < 4.78 is 4.53. The minimum atomic E-state index is -0.987. The van der Waals surface area contributed by atoms with Crippen LogP contribution in [0.3, 0.4) is 0 Å². The Morgan fingerprint density at radius 1 is 0.424 bits per heavy atom. The number of aromatic nitrogens is 4. The van der Waals surface area contributed by atoms with E-state index in [1.165, 1.54) is 0 Å². The van der Waals surface area contributed by atoms with Crippen molar-refractivity contribution in [3.8, 4) is 50.3 Å². The number of nitro groups is 3. The molecule has 1 radical (unpaired) electrons. The molecule has 15 heteroatoms. The van der Waals surface area contributed by atoms with Crippen molar-refractivity contribution in [1.29, 1.82) is 0 Å². The summed E-state index contributed by atoms with van der Waals surface area (Å²) in [6.45, 7) is 0. The summed E-state index contributed by atoms with van der Waals surface area (Å²) in [6.07, 6.45) is 8.41. The van der Waals surface area contributed by atoms with Crippen LogP contribution in [0.5, 0.6) is 5.75 Å². The van der Waals surface area contributed by atoms with E-state index in [0.29, 0.717) is 12.1 Å². The van der Waals surface area contributed by atoms with Crippen LogP contribution in [0.4, 0.5) is 17.1 Å². The Labute approximate surface area is 386 Å². The van der Waals surface area contributed by atoms with Crippen molar-refractivity contribution in [2.45, 2.75) is 0 Å². The fourth-order valence-corrected chi connectivity index (χ4v) is 7.86.